The van der Waals surface area contributed by atoms with Gasteiger partial charge in [-0.2, -0.15) is 5.26 Å². The summed E-state index contributed by atoms with van der Waals surface area (Å²) < 4.78 is 11.2. The van der Waals surface area contributed by atoms with E-state index in [1.807, 2.05) is 0 Å². The molecule has 0 unspecified atom stereocenters. The molecule has 2 fully saturated rings. The highest BCUT2D eigenvalue weighted by Gasteiger charge is 2.30. The molecule has 0 saturated carbocycles. The summed E-state index contributed by atoms with van der Waals surface area (Å²) >= 11 is 6.15. The van der Waals surface area contributed by atoms with Crippen molar-refractivity contribution in [3.8, 4) is 11.8 Å². The molecule has 0 bridgehead atoms. The van der Waals surface area contributed by atoms with Crippen molar-refractivity contribution >= 4 is 17.3 Å². The van der Waals surface area contributed by atoms with Crippen LogP contribution < -0.4 is 10.5 Å². The van der Waals surface area contributed by atoms with Crippen molar-refractivity contribution < 1.29 is 9.47 Å². The van der Waals surface area contributed by atoms with E-state index in [9.17, 15) is 0 Å². The molecule has 0 amide bonds. The SMILES string of the molecule is N#Cc1cc(OC2CCN(C3COC3)CC2)c(Cl)cc1N. The highest BCUT2D eigenvalue weighted by Crippen LogP contribution is 2.32. The summed E-state index contributed by atoms with van der Waals surface area (Å²) in [5.74, 6) is 0.549. The van der Waals surface area contributed by atoms with Crippen molar-refractivity contribution in [3.05, 3.63) is 22.7 Å². The van der Waals surface area contributed by atoms with Crippen molar-refractivity contribution in [2.45, 2.75) is 25.0 Å². The standard InChI is InChI=1S/C15H18ClN3O2/c16-13-6-14(18)10(7-17)5-15(13)21-12-1-3-19(4-2-12)11-8-20-9-11/h5-6,11-12H,1-4,8-9,18H2. The first-order valence-electron chi connectivity index (χ1n) is 7.15. The van der Waals surface area contributed by atoms with Gasteiger partial charge in [-0.05, 0) is 18.9 Å². The molecule has 0 spiro atoms. The zero-order valence-electron chi connectivity index (χ0n) is 11.7. The Labute approximate surface area is 129 Å². The van der Waals surface area contributed by atoms with Crippen LogP contribution in [0.5, 0.6) is 5.75 Å². The molecule has 2 aliphatic rings. The minimum absolute atomic E-state index is 0.134. The lowest BCUT2D eigenvalue weighted by atomic mass is 10.0. The van der Waals surface area contributed by atoms with Crippen LogP contribution in [0.15, 0.2) is 12.1 Å². The molecular weight excluding hydrogens is 290 g/mol. The number of halogens is 1. The number of piperidine rings is 1. The number of benzene rings is 1. The van der Waals surface area contributed by atoms with Gasteiger partial charge < -0.3 is 15.2 Å². The van der Waals surface area contributed by atoms with Crippen LogP contribution in [-0.2, 0) is 4.74 Å². The fourth-order valence-electron chi connectivity index (χ4n) is 2.73. The summed E-state index contributed by atoms with van der Waals surface area (Å²) in [6, 6.07) is 5.84. The van der Waals surface area contributed by atoms with E-state index in [-0.39, 0.29) is 6.10 Å². The summed E-state index contributed by atoms with van der Waals surface area (Å²) in [4.78, 5) is 2.45. The lowest BCUT2D eigenvalue weighted by molar-refractivity contribution is -0.0778. The summed E-state index contributed by atoms with van der Waals surface area (Å²) in [6.07, 6.45) is 2.05. The molecule has 6 heteroatoms. The average molecular weight is 308 g/mol. The molecule has 0 aliphatic carbocycles. The van der Waals surface area contributed by atoms with Crippen LogP contribution in [0.25, 0.3) is 0 Å². The van der Waals surface area contributed by atoms with Crippen LogP contribution in [0.4, 0.5) is 5.69 Å². The Balaban J connectivity index is 1.61. The zero-order valence-corrected chi connectivity index (χ0v) is 12.5. The van der Waals surface area contributed by atoms with Gasteiger partial charge in [0.15, 0.2) is 0 Å². The largest absolute Gasteiger partial charge is 0.489 e. The Hall–Kier alpha value is -1.48. The Bertz CT molecular complexity index is 561. The first kappa shape index (κ1) is 14.5. The van der Waals surface area contributed by atoms with E-state index in [2.05, 4.69) is 11.0 Å². The second-order valence-electron chi connectivity index (χ2n) is 5.53. The zero-order chi connectivity index (χ0) is 14.8. The van der Waals surface area contributed by atoms with Crippen LogP contribution in [0.3, 0.4) is 0 Å². The maximum atomic E-state index is 9.02. The average Bonchev–Trinajstić information content (AvgIpc) is 2.42. The van der Waals surface area contributed by atoms with E-state index in [1.165, 1.54) is 0 Å². The van der Waals surface area contributed by atoms with Gasteiger partial charge in [-0.25, -0.2) is 0 Å². The van der Waals surface area contributed by atoms with E-state index >= 15 is 0 Å². The number of nitrogen functional groups attached to an aromatic ring is 1. The number of hydrogen-bond acceptors (Lipinski definition) is 5. The second-order valence-corrected chi connectivity index (χ2v) is 5.93. The highest BCUT2D eigenvalue weighted by molar-refractivity contribution is 6.32. The summed E-state index contributed by atoms with van der Waals surface area (Å²) in [7, 11) is 0. The molecule has 3 rings (SSSR count). The number of rotatable bonds is 3. The fourth-order valence-corrected chi connectivity index (χ4v) is 2.94. The number of nitrogens with zero attached hydrogens (tertiary/aromatic N) is 2. The Morgan fingerprint density at radius 3 is 2.62 bits per heavy atom. The third-order valence-corrected chi connectivity index (χ3v) is 4.43. The number of ether oxygens (including phenoxy) is 2. The molecule has 21 heavy (non-hydrogen) atoms. The van der Waals surface area contributed by atoms with Gasteiger partial charge in [-0.15, -0.1) is 0 Å². The van der Waals surface area contributed by atoms with Crippen molar-refractivity contribution in [1.29, 1.82) is 5.26 Å². The van der Waals surface area contributed by atoms with Gasteiger partial charge in [-0.1, -0.05) is 11.6 Å². The van der Waals surface area contributed by atoms with E-state index < -0.39 is 0 Å². The van der Waals surface area contributed by atoms with Gasteiger partial charge in [0.05, 0.1) is 35.5 Å². The first-order valence-corrected chi connectivity index (χ1v) is 7.52. The Morgan fingerprint density at radius 2 is 2.05 bits per heavy atom. The normalized spacial score (nSPS) is 20.8. The predicted molar refractivity (Wildman–Crippen MR) is 80.4 cm³/mol. The van der Waals surface area contributed by atoms with E-state index in [4.69, 9.17) is 32.1 Å². The fraction of sp³-hybridized carbons (Fsp3) is 0.533. The van der Waals surface area contributed by atoms with Crippen LogP contribution in [0.1, 0.15) is 18.4 Å². The molecule has 2 aliphatic heterocycles. The van der Waals surface area contributed by atoms with E-state index in [0.29, 0.717) is 28.1 Å². The summed E-state index contributed by atoms with van der Waals surface area (Å²) in [5.41, 5.74) is 6.51. The lowest BCUT2D eigenvalue weighted by Gasteiger charge is -2.41. The number of anilines is 1. The molecule has 1 aromatic rings. The van der Waals surface area contributed by atoms with Gasteiger partial charge in [0.25, 0.3) is 0 Å². The topological polar surface area (TPSA) is 71.5 Å². The van der Waals surface area contributed by atoms with E-state index in [1.54, 1.807) is 12.1 Å². The monoisotopic (exact) mass is 307 g/mol. The summed E-state index contributed by atoms with van der Waals surface area (Å²) in [5, 5.41) is 9.48. The number of nitrogens with two attached hydrogens (primary N) is 1. The summed E-state index contributed by atoms with van der Waals surface area (Å²) in [6.45, 7) is 3.72. The minimum Gasteiger partial charge on any atom is -0.489 e. The number of nitriles is 1. The van der Waals surface area contributed by atoms with Crippen LogP contribution in [0, 0.1) is 11.3 Å². The van der Waals surface area contributed by atoms with Gasteiger partial charge in [-0.3, -0.25) is 4.90 Å². The Kier molecular flexibility index (Phi) is 4.20. The highest BCUT2D eigenvalue weighted by atomic mass is 35.5. The molecule has 5 nitrogen and oxygen atoms in total. The van der Waals surface area contributed by atoms with Gasteiger partial charge in [0.2, 0.25) is 0 Å². The third kappa shape index (κ3) is 3.08. The van der Waals surface area contributed by atoms with Crippen LogP contribution >= 0.6 is 11.6 Å². The second kappa shape index (κ2) is 6.10. The Morgan fingerprint density at radius 1 is 1.33 bits per heavy atom. The maximum Gasteiger partial charge on any atom is 0.139 e. The molecule has 2 heterocycles. The van der Waals surface area contributed by atoms with E-state index in [0.717, 1.165) is 39.1 Å². The minimum atomic E-state index is 0.134. The number of hydrogen-bond donors (Lipinski definition) is 1. The molecule has 0 aromatic heterocycles. The molecular formula is C15H18ClN3O2. The predicted octanol–water partition coefficient (Wildman–Crippen LogP) is 2.04. The van der Waals surface area contributed by atoms with Gasteiger partial charge >= 0.3 is 0 Å². The quantitative estimate of drug-likeness (QED) is 0.865. The van der Waals surface area contributed by atoms with Crippen molar-refractivity contribution in [1.82, 2.24) is 4.90 Å². The molecule has 112 valence electrons. The lowest BCUT2D eigenvalue weighted by Crippen LogP contribution is -2.52. The van der Waals surface area contributed by atoms with Gasteiger partial charge in [0, 0.05) is 19.2 Å². The molecule has 0 atom stereocenters. The third-order valence-electron chi connectivity index (χ3n) is 4.13. The molecule has 1 aromatic carbocycles. The van der Waals surface area contributed by atoms with Crippen molar-refractivity contribution in [2.24, 2.45) is 0 Å². The van der Waals surface area contributed by atoms with Crippen LogP contribution in [-0.4, -0.2) is 43.3 Å². The van der Waals surface area contributed by atoms with Gasteiger partial charge in [0.1, 0.15) is 17.9 Å². The van der Waals surface area contributed by atoms with Crippen LogP contribution in [0.2, 0.25) is 5.02 Å². The molecule has 2 N–H and O–H groups in total. The molecule has 2 saturated heterocycles. The molecule has 0 radical (unpaired) electrons. The number of likely N-dealkylation sites (tertiary alicyclic amines) is 1. The first-order chi connectivity index (χ1) is 10.2. The smallest absolute Gasteiger partial charge is 0.139 e. The van der Waals surface area contributed by atoms with Crippen molar-refractivity contribution in [3.63, 3.8) is 0 Å². The van der Waals surface area contributed by atoms with Crippen molar-refractivity contribution in [2.75, 3.05) is 32.0 Å². The maximum absolute atomic E-state index is 9.02.